The van der Waals surface area contributed by atoms with Crippen LogP contribution in [0, 0.1) is 0 Å². The van der Waals surface area contributed by atoms with Crippen molar-refractivity contribution in [1.29, 1.82) is 0 Å². The molecule has 1 aliphatic rings. The molecule has 1 aromatic heterocycles. The number of benzene rings is 1. The Morgan fingerprint density at radius 3 is 2.95 bits per heavy atom. The summed E-state index contributed by atoms with van der Waals surface area (Å²) in [4.78, 5) is 6.40. The van der Waals surface area contributed by atoms with Crippen LogP contribution in [0.1, 0.15) is 0 Å². The highest BCUT2D eigenvalue weighted by molar-refractivity contribution is 6.30. The molecule has 4 nitrogen and oxygen atoms in total. The van der Waals surface area contributed by atoms with Crippen LogP contribution in [0.5, 0.6) is 5.75 Å². The van der Waals surface area contributed by atoms with Crippen LogP contribution >= 0.6 is 11.6 Å². The van der Waals surface area contributed by atoms with Gasteiger partial charge in [0.1, 0.15) is 11.9 Å². The number of imidazole rings is 1. The SMILES string of the molecule is Clc1cccc(OC2CN(CCn3ccnc3)C2)c1. The minimum atomic E-state index is 0.279. The molecule has 0 aliphatic carbocycles. The van der Waals surface area contributed by atoms with Crippen LogP contribution in [0.3, 0.4) is 0 Å². The fourth-order valence-corrected chi connectivity index (χ4v) is 2.37. The Hall–Kier alpha value is -1.52. The van der Waals surface area contributed by atoms with Crippen molar-refractivity contribution in [3.05, 3.63) is 48.0 Å². The standard InChI is InChI=1S/C14H16ClN3O/c15-12-2-1-3-13(8-12)19-14-9-18(10-14)7-6-17-5-4-16-11-17/h1-5,8,11,14H,6-7,9-10H2. The van der Waals surface area contributed by atoms with Crippen LogP contribution in [-0.4, -0.2) is 40.2 Å². The van der Waals surface area contributed by atoms with Gasteiger partial charge in [0.2, 0.25) is 0 Å². The van der Waals surface area contributed by atoms with Crippen molar-refractivity contribution >= 4 is 11.6 Å². The zero-order chi connectivity index (χ0) is 13.1. The average Bonchev–Trinajstić information content (AvgIpc) is 2.85. The van der Waals surface area contributed by atoms with Gasteiger partial charge in [0.25, 0.3) is 0 Å². The van der Waals surface area contributed by atoms with E-state index in [-0.39, 0.29) is 6.10 Å². The molecule has 19 heavy (non-hydrogen) atoms. The molecule has 3 rings (SSSR count). The Morgan fingerprint density at radius 1 is 1.32 bits per heavy atom. The molecule has 0 N–H and O–H groups in total. The van der Waals surface area contributed by atoms with Crippen molar-refractivity contribution in [2.75, 3.05) is 19.6 Å². The average molecular weight is 278 g/mol. The molecular formula is C14H16ClN3O. The molecule has 0 saturated carbocycles. The molecule has 1 aromatic carbocycles. The van der Waals surface area contributed by atoms with E-state index < -0.39 is 0 Å². The Kier molecular flexibility index (Phi) is 3.71. The zero-order valence-corrected chi connectivity index (χ0v) is 11.3. The van der Waals surface area contributed by atoms with Crippen molar-refractivity contribution in [3.63, 3.8) is 0 Å². The van der Waals surface area contributed by atoms with Crippen LogP contribution in [0.4, 0.5) is 0 Å². The first-order valence-corrected chi connectivity index (χ1v) is 6.78. The molecule has 0 unspecified atom stereocenters. The topological polar surface area (TPSA) is 30.3 Å². The second-order valence-corrected chi connectivity index (χ2v) is 5.19. The third kappa shape index (κ3) is 3.28. The van der Waals surface area contributed by atoms with Gasteiger partial charge >= 0.3 is 0 Å². The number of likely N-dealkylation sites (tertiary alicyclic amines) is 1. The summed E-state index contributed by atoms with van der Waals surface area (Å²) in [6, 6.07) is 7.56. The van der Waals surface area contributed by atoms with Crippen LogP contribution in [-0.2, 0) is 6.54 Å². The smallest absolute Gasteiger partial charge is 0.124 e. The predicted molar refractivity (Wildman–Crippen MR) is 74.5 cm³/mol. The molecule has 100 valence electrons. The van der Waals surface area contributed by atoms with Crippen LogP contribution in [0.2, 0.25) is 5.02 Å². The normalized spacial score (nSPS) is 16.3. The van der Waals surface area contributed by atoms with Crippen LogP contribution in [0.25, 0.3) is 0 Å². The van der Waals surface area contributed by atoms with E-state index in [0.717, 1.165) is 31.9 Å². The van der Waals surface area contributed by atoms with E-state index in [9.17, 15) is 0 Å². The molecule has 0 spiro atoms. The van der Waals surface area contributed by atoms with E-state index in [1.54, 1.807) is 6.20 Å². The second kappa shape index (κ2) is 5.63. The molecular weight excluding hydrogens is 262 g/mol. The fraction of sp³-hybridized carbons (Fsp3) is 0.357. The zero-order valence-electron chi connectivity index (χ0n) is 10.6. The first kappa shape index (κ1) is 12.5. The van der Waals surface area contributed by atoms with E-state index in [2.05, 4.69) is 14.5 Å². The van der Waals surface area contributed by atoms with E-state index in [1.807, 2.05) is 36.8 Å². The summed E-state index contributed by atoms with van der Waals surface area (Å²) in [5, 5.41) is 0.716. The van der Waals surface area contributed by atoms with E-state index >= 15 is 0 Å². The lowest BCUT2D eigenvalue weighted by Gasteiger charge is -2.39. The number of halogens is 1. The fourth-order valence-electron chi connectivity index (χ4n) is 2.19. The van der Waals surface area contributed by atoms with Crippen molar-refractivity contribution in [2.24, 2.45) is 0 Å². The highest BCUT2D eigenvalue weighted by Gasteiger charge is 2.27. The number of ether oxygens (including phenoxy) is 1. The van der Waals surface area contributed by atoms with E-state index in [1.165, 1.54) is 0 Å². The maximum absolute atomic E-state index is 5.93. The highest BCUT2D eigenvalue weighted by atomic mass is 35.5. The molecule has 1 fully saturated rings. The van der Waals surface area contributed by atoms with Gasteiger partial charge in [-0.25, -0.2) is 4.98 Å². The summed E-state index contributed by atoms with van der Waals surface area (Å²) in [5.41, 5.74) is 0. The van der Waals surface area contributed by atoms with Gasteiger partial charge in [-0.2, -0.15) is 0 Å². The summed E-state index contributed by atoms with van der Waals surface area (Å²) >= 11 is 5.93. The van der Waals surface area contributed by atoms with E-state index in [0.29, 0.717) is 5.02 Å². The minimum Gasteiger partial charge on any atom is -0.488 e. The molecule has 0 radical (unpaired) electrons. The molecule has 5 heteroatoms. The van der Waals surface area contributed by atoms with Crippen molar-refractivity contribution < 1.29 is 4.74 Å². The Bertz CT molecular complexity index is 523. The van der Waals surface area contributed by atoms with Gasteiger partial charge in [-0.1, -0.05) is 17.7 Å². The molecule has 0 atom stereocenters. The minimum absolute atomic E-state index is 0.279. The summed E-state index contributed by atoms with van der Waals surface area (Å²) < 4.78 is 7.94. The lowest BCUT2D eigenvalue weighted by atomic mass is 10.1. The quantitative estimate of drug-likeness (QED) is 0.840. The van der Waals surface area contributed by atoms with Crippen molar-refractivity contribution in [3.8, 4) is 5.75 Å². The van der Waals surface area contributed by atoms with Crippen LogP contribution in [0.15, 0.2) is 43.0 Å². The number of hydrogen-bond acceptors (Lipinski definition) is 3. The largest absolute Gasteiger partial charge is 0.488 e. The van der Waals surface area contributed by atoms with Gasteiger partial charge in [-0.3, -0.25) is 4.90 Å². The maximum Gasteiger partial charge on any atom is 0.124 e. The third-order valence-electron chi connectivity index (χ3n) is 3.26. The number of aromatic nitrogens is 2. The lowest BCUT2D eigenvalue weighted by molar-refractivity contribution is 0.0180. The number of rotatable bonds is 5. The van der Waals surface area contributed by atoms with Crippen molar-refractivity contribution in [1.82, 2.24) is 14.5 Å². The van der Waals surface area contributed by atoms with E-state index in [4.69, 9.17) is 16.3 Å². The Balaban J connectivity index is 1.40. The lowest BCUT2D eigenvalue weighted by Crippen LogP contribution is -2.54. The Morgan fingerprint density at radius 2 is 2.21 bits per heavy atom. The maximum atomic E-state index is 5.93. The summed E-state index contributed by atoms with van der Waals surface area (Å²) in [6.07, 6.45) is 5.92. The third-order valence-corrected chi connectivity index (χ3v) is 3.49. The van der Waals surface area contributed by atoms with Gasteiger partial charge < -0.3 is 9.30 Å². The van der Waals surface area contributed by atoms with Gasteiger partial charge in [0, 0.05) is 43.6 Å². The van der Waals surface area contributed by atoms with Gasteiger partial charge in [-0.15, -0.1) is 0 Å². The monoisotopic (exact) mass is 277 g/mol. The number of hydrogen-bond donors (Lipinski definition) is 0. The molecule has 1 aliphatic heterocycles. The van der Waals surface area contributed by atoms with Gasteiger partial charge in [-0.05, 0) is 18.2 Å². The first-order chi connectivity index (χ1) is 9.29. The van der Waals surface area contributed by atoms with Gasteiger partial charge in [0.15, 0.2) is 0 Å². The highest BCUT2D eigenvalue weighted by Crippen LogP contribution is 2.21. The summed E-state index contributed by atoms with van der Waals surface area (Å²) in [6.45, 7) is 3.96. The second-order valence-electron chi connectivity index (χ2n) is 4.76. The first-order valence-electron chi connectivity index (χ1n) is 6.40. The molecule has 2 heterocycles. The van der Waals surface area contributed by atoms with Gasteiger partial charge in [0.05, 0.1) is 6.33 Å². The molecule has 1 saturated heterocycles. The number of nitrogens with zero attached hydrogens (tertiary/aromatic N) is 3. The van der Waals surface area contributed by atoms with Crippen molar-refractivity contribution in [2.45, 2.75) is 12.6 Å². The molecule has 2 aromatic rings. The predicted octanol–water partition coefficient (Wildman–Crippen LogP) is 2.30. The molecule has 0 bridgehead atoms. The molecule has 0 amide bonds. The summed E-state index contributed by atoms with van der Waals surface area (Å²) in [5.74, 6) is 0.853. The summed E-state index contributed by atoms with van der Waals surface area (Å²) in [7, 11) is 0. The van der Waals surface area contributed by atoms with Crippen LogP contribution < -0.4 is 4.74 Å². The Labute approximate surface area is 117 Å².